The third-order valence-electron chi connectivity index (χ3n) is 7.24. The fraction of sp³-hybridized carbons (Fsp3) is 0.125. The molecule has 0 bridgehead atoms. The van der Waals surface area contributed by atoms with Crippen LogP contribution in [0.25, 0.3) is 42.4 Å². The van der Waals surface area contributed by atoms with E-state index in [-0.39, 0.29) is 0 Å². The van der Waals surface area contributed by atoms with Gasteiger partial charge >= 0.3 is 0 Å². The Morgan fingerprint density at radius 2 is 0.872 bits per heavy atom. The van der Waals surface area contributed by atoms with Gasteiger partial charge < -0.3 is 0 Å². The van der Waals surface area contributed by atoms with Crippen LogP contribution in [-0.4, -0.2) is 8.07 Å². The van der Waals surface area contributed by atoms with Gasteiger partial charge in [-0.25, -0.2) is 0 Å². The van der Waals surface area contributed by atoms with Gasteiger partial charge in [0.05, 0.1) is 13.1 Å². The summed E-state index contributed by atoms with van der Waals surface area (Å²) in [7, 11) is -2.26. The summed E-state index contributed by atoms with van der Waals surface area (Å²) >= 11 is 0. The Kier molecular flexibility index (Phi) is 7.48. The highest BCUT2D eigenvalue weighted by Gasteiger charge is 2.43. The Morgan fingerprint density at radius 3 is 1.21 bits per heavy atom. The molecule has 1 aliphatic heterocycles. The summed E-state index contributed by atoms with van der Waals surface area (Å²) < 4.78 is 0. The highest BCUT2D eigenvalue weighted by Crippen LogP contribution is 2.55. The van der Waals surface area contributed by atoms with Gasteiger partial charge in [0, 0.05) is 9.82 Å². The molecule has 4 aromatic carbocycles. The van der Waals surface area contributed by atoms with E-state index in [2.05, 4.69) is 142 Å². The molecule has 0 saturated heterocycles. The molecule has 0 atom stereocenters. The van der Waals surface area contributed by atoms with E-state index in [0.717, 1.165) is 11.1 Å². The lowest BCUT2D eigenvalue weighted by atomic mass is 9.89. The summed E-state index contributed by atoms with van der Waals surface area (Å²) in [5, 5.41) is 10.2. The van der Waals surface area contributed by atoms with Gasteiger partial charge in [0.25, 0.3) is 0 Å². The first-order valence-electron chi connectivity index (χ1n) is 12.9. The molecule has 0 amide bonds. The van der Waals surface area contributed by atoms with Crippen LogP contribution in [0.5, 0.6) is 0 Å². The quantitative estimate of drug-likeness (QED) is 0.0948. The minimum absolute atomic E-state index is 0.336. The van der Waals surface area contributed by atoms with Crippen LogP contribution in [0, 0.1) is 0 Å². The van der Waals surface area contributed by atoms with Crippen LogP contribution in [0.4, 0.5) is 0 Å². The standard InChI is InChI=1S/C32H28N6Si/c1-39(2)31(27-17-13-23(14-18-27)21-35-37-33)29(25-9-5-3-6-10-25)30(26-11-7-4-8-12-26)32(39)28-19-15-24(16-20-28)22-36-38-34/h3-20H,21-22H2,1-2H3. The summed E-state index contributed by atoms with van der Waals surface area (Å²) in [6, 6.07) is 38.2. The Hall–Kier alpha value is -4.80. The first kappa shape index (κ1) is 25.8. The monoisotopic (exact) mass is 524 g/mol. The smallest absolute Gasteiger partial charge is 0.0893 e. The van der Waals surface area contributed by atoms with Crippen LogP contribution in [0.3, 0.4) is 0 Å². The predicted molar refractivity (Wildman–Crippen MR) is 163 cm³/mol. The molecule has 0 fully saturated rings. The van der Waals surface area contributed by atoms with Gasteiger partial charge in [0.1, 0.15) is 8.07 Å². The second kappa shape index (κ2) is 11.3. The zero-order chi connectivity index (χ0) is 27.2. The second-order valence-corrected chi connectivity index (χ2v) is 14.3. The van der Waals surface area contributed by atoms with E-state index in [4.69, 9.17) is 11.1 Å². The van der Waals surface area contributed by atoms with Crippen molar-refractivity contribution in [1.82, 2.24) is 0 Å². The van der Waals surface area contributed by atoms with Gasteiger partial charge in [-0.2, -0.15) is 0 Å². The maximum Gasteiger partial charge on any atom is 0.115 e. The Morgan fingerprint density at radius 1 is 0.513 bits per heavy atom. The Balaban J connectivity index is 1.78. The van der Waals surface area contributed by atoms with Crippen molar-refractivity contribution in [2.24, 2.45) is 10.2 Å². The maximum absolute atomic E-state index is 8.75. The number of azide groups is 2. The van der Waals surface area contributed by atoms with E-state index in [1.807, 2.05) is 0 Å². The van der Waals surface area contributed by atoms with Gasteiger partial charge in [-0.3, -0.25) is 0 Å². The molecule has 0 radical (unpaired) electrons. The molecule has 1 aliphatic rings. The van der Waals surface area contributed by atoms with Crippen molar-refractivity contribution in [3.8, 4) is 0 Å². The van der Waals surface area contributed by atoms with Crippen molar-refractivity contribution >= 4 is 29.6 Å². The van der Waals surface area contributed by atoms with Crippen LogP contribution in [0.2, 0.25) is 13.1 Å². The van der Waals surface area contributed by atoms with E-state index < -0.39 is 8.07 Å². The van der Waals surface area contributed by atoms with Crippen molar-refractivity contribution in [3.63, 3.8) is 0 Å². The number of rotatable bonds is 8. The first-order valence-corrected chi connectivity index (χ1v) is 15.9. The number of hydrogen-bond acceptors (Lipinski definition) is 2. The normalized spacial score (nSPS) is 14.1. The lowest BCUT2D eigenvalue weighted by Crippen LogP contribution is -2.28. The molecule has 39 heavy (non-hydrogen) atoms. The molecule has 0 aromatic heterocycles. The van der Waals surface area contributed by atoms with Crippen molar-refractivity contribution in [2.45, 2.75) is 26.2 Å². The summed E-state index contributed by atoms with van der Waals surface area (Å²) in [6.07, 6.45) is 0. The summed E-state index contributed by atoms with van der Waals surface area (Å²) in [5.41, 5.74) is 26.8. The largest absolute Gasteiger partial charge is 0.115 e. The van der Waals surface area contributed by atoms with E-state index in [0.29, 0.717) is 13.1 Å². The maximum atomic E-state index is 8.75. The molecule has 0 N–H and O–H groups in total. The fourth-order valence-corrected chi connectivity index (χ4v) is 9.39. The highest BCUT2D eigenvalue weighted by molar-refractivity contribution is 7.13. The van der Waals surface area contributed by atoms with Crippen LogP contribution >= 0.6 is 0 Å². The molecule has 0 saturated carbocycles. The molecule has 7 heteroatoms. The van der Waals surface area contributed by atoms with E-state index in [1.165, 1.54) is 43.8 Å². The van der Waals surface area contributed by atoms with Crippen LogP contribution in [0.1, 0.15) is 33.4 Å². The van der Waals surface area contributed by atoms with Gasteiger partial charge in [-0.15, -0.1) is 0 Å². The van der Waals surface area contributed by atoms with E-state index >= 15 is 0 Å². The topological polar surface area (TPSA) is 97.5 Å². The third-order valence-corrected chi connectivity index (χ3v) is 10.8. The summed E-state index contributed by atoms with van der Waals surface area (Å²) in [4.78, 5) is 5.82. The summed E-state index contributed by atoms with van der Waals surface area (Å²) in [5.74, 6) is 0. The van der Waals surface area contributed by atoms with Crippen LogP contribution in [-0.2, 0) is 13.1 Å². The average molecular weight is 525 g/mol. The van der Waals surface area contributed by atoms with Crippen LogP contribution < -0.4 is 0 Å². The Bertz CT molecular complexity index is 1520. The predicted octanol–water partition coefficient (Wildman–Crippen LogP) is 9.63. The van der Waals surface area contributed by atoms with Gasteiger partial charge in [0.2, 0.25) is 0 Å². The molecule has 0 unspecified atom stereocenters. The average Bonchev–Trinajstić information content (AvgIpc) is 3.23. The third kappa shape index (κ3) is 5.15. The second-order valence-electron chi connectivity index (χ2n) is 10.0. The zero-order valence-corrected chi connectivity index (χ0v) is 23.0. The molecule has 6 nitrogen and oxygen atoms in total. The fourth-order valence-electron chi connectivity index (χ4n) is 5.58. The number of benzene rings is 4. The van der Waals surface area contributed by atoms with Crippen molar-refractivity contribution < 1.29 is 0 Å². The van der Waals surface area contributed by atoms with Crippen LogP contribution in [0.15, 0.2) is 119 Å². The first-order chi connectivity index (χ1) is 19.0. The lowest BCUT2D eigenvalue weighted by molar-refractivity contribution is 1.05. The van der Waals surface area contributed by atoms with Crippen molar-refractivity contribution in [2.75, 3.05) is 0 Å². The Labute approximate surface area is 229 Å². The van der Waals surface area contributed by atoms with E-state index in [9.17, 15) is 0 Å². The van der Waals surface area contributed by atoms with Gasteiger partial charge in [0.15, 0.2) is 0 Å². The van der Waals surface area contributed by atoms with Gasteiger partial charge in [-0.1, -0.05) is 133 Å². The molecule has 1 heterocycles. The van der Waals surface area contributed by atoms with E-state index in [1.54, 1.807) is 0 Å². The molecular weight excluding hydrogens is 496 g/mol. The number of allylic oxidation sites excluding steroid dienone is 2. The minimum atomic E-state index is -2.26. The number of hydrogen-bond donors (Lipinski definition) is 0. The molecular formula is C32H28N6Si. The highest BCUT2D eigenvalue weighted by atomic mass is 28.3. The van der Waals surface area contributed by atoms with Crippen molar-refractivity contribution in [3.05, 3.63) is 163 Å². The molecule has 0 aliphatic carbocycles. The molecule has 0 spiro atoms. The molecule has 4 aromatic rings. The molecule has 5 rings (SSSR count). The lowest BCUT2D eigenvalue weighted by Gasteiger charge is -2.27. The zero-order valence-electron chi connectivity index (χ0n) is 22.0. The number of nitrogens with zero attached hydrogens (tertiary/aromatic N) is 6. The molecule has 190 valence electrons. The summed E-state index contributed by atoms with van der Waals surface area (Å²) in [6.45, 7) is 5.53. The van der Waals surface area contributed by atoms with Gasteiger partial charge in [-0.05, 0) is 66.0 Å². The minimum Gasteiger partial charge on any atom is -0.0893 e. The van der Waals surface area contributed by atoms with Crippen molar-refractivity contribution in [1.29, 1.82) is 0 Å². The SMILES string of the molecule is C[Si]1(C)C(c2ccc(CN=[N+]=[N-])cc2)=C(c2ccccc2)C(c2ccccc2)=C1c1ccc(CN=[N+]=[N-])cc1.